The summed E-state index contributed by atoms with van der Waals surface area (Å²) in [5, 5.41) is 0. The smallest absolute Gasteiger partial charge is 0.135 e. The maximum atomic E-state index is 5.17. The topological polar surface area (TPSA) is 21.6 Å². The van der Waals surface area contributed by atoms with Crippen LogP contribution in [0.15, 0.2) is 16.8 Å². The second-order valence-corrected chi connectivity index (χ2v) is 4.24. The molecular weight excluding hydrogens is 182 g/mol. The van der Waals surface area contributed by atoms with Crippen molar-refractivity contribution in [3.05, 3.63) is 11.8 Å². The van der Waals surface area contributed by atoms with Crippen LogP contribution in [-0.2, 0) is 4.74 Å². The minimum absolute atomic E-state index is 0.194. The standard InChI is InChI=1S/C10H17NOS/c1-4-6-10(13)7-5-9(12-3)8(2)11-10/h5,13H,4,6-7H2,1-3H3. The van der Waals surface area contributed by atoms with Gasteiger partial charge >= 0.3 is 0 Å². The Morgan fingerprint density at radius 3 is 2.85 bits per heavy atom. The number of hydrogen-bond donors (Lipinski definition) is 1. The van der Waals surface area contributed by atoms with Crippen LogP contribution in [0.1, 0.15) is 33.1 Å². The van der Waals surface area contributed by atoms with E-state index >= 15 is 0 Å². The fraction of sp³-hybridized carbons (Fsp3) is 0.700. The van der Waals surface area contributed by atoms with Crippen LogP contribution >= 0.6 is 12.6 Å². The zero-order valence-electron chi connectivity index (χ0n) is 8.50. The van der Waals surface area contributed by atoms with Crippen molar-refractivity contribution in [2.24, 2.45) is 4.99 Å². The first kappa shape index (κ1) is 10.6. The first-order valence-corrected chi connectivity index (χ1v) is 5.09. The Morgan fingerprint density at radius 1 is 1.69 bits per heavy atom. The van der Waals surface area contributed by atoms with Crippen molar-refractivity contribution in [3.8, 4) is 0 Å². The zero-order valence-corrected chi connectivity index (χ0v) is 9.40. The van der Waals surface area contributed by atoms with Gasteiger partial charge in [-0.3, -0.25) is 4.99 Å². The van der Waals surface area contributed by atoms with Gasteiger partial charge in [-0.2, -0.15) is 0 Å². The van der Waals surface area contributed by atoms with Crippen molar-refractivity contribution in [2.45, 2.75) is 38.0 Å². The lowest BCUT2D eigenvalue weighted by atomic mass is 10.0. The molecule has 0 saturated carbocycles. The van der Waals surface area contributed by atoms with E-state index in [2.05, 4.69) is 30.6 Å². The summed E-state index contributed by atoms with van der Waals surface area (Å²) in [6.45, 7) is 4.12. The Balaban J connectivity index is 2.75. The molecule has 1 rings (SSSR count). The first-order valence-electron chi connectivity index (χ1n) is 4.64. The third-order valence-electron chi connectivity index (χ3n) is 2.22. The molecule has 0 aromatic carbocycles. The van der Waals surface area contributed by atoms with E-state index in [1.54, 1.807) is 7.11 Å². The van der Waals surface area contributed by atoms with Gasteiger partial charge < -0.3 is 4.74 Å². The Kier molecular flexibility index (Phi) is 3.42. The molecule has 2 nitrogen and oxygen atoms in total. The number of dihydropyridines is 1. The number of rotatable bonds is 3. The lowest BCUT2D eigenvalue weighted by Crippen LogP contribution is -2.24. The highest BCUT2D eigenvalue weighted by molar-refractivity contribution is 7.81. The van der Waals surface area contributed by atoms with Crippen LogP contribution in [0.4, 0.5) is 0 Å². The first-order chi connectivity index (χ1) is 6.11. The van der Waals surface area contributed by atoms with Gasteiger partial charge in [0.1, 0.15) is 10.6 Å². The summed E-state index contributed by atoms with van der Waals surface area (Å²) in [5.74, 6) is 0.890. The van der Waals surface area contributed by atoms with E-state index in [4.69, 9.17) is 4.74 Å². The van der Waals surface area contributed by atoms with E-state index in [0.717, 1.165) is 30.7 Å². The Bertz CT molecular complexity index is 247. The molecule has 0 amide bonds. The number of hydrogen-bond acceptors (Lipinski definition) is 3. The van der Waals surface area contributed by atoms with Crippen molar-refractivity contribution in [2.75, 3.05) is 7.11 Å². The van der Waals surface area contributed by atoms with Gasteiger partial charge in [0.25, 0.3) is 0 Å². The number of ether oxygens (including phenoxy) is 1. The number of allylic oxidation sites excluding steroid dienone is 1. The summed E-state index contributed by atoms with van der Waals surface area (Å²) in [7, 11) is 1.68. The summed E-state index contributed by atoms with van der Waals surface area (Å²) in [5.41, 5.74) is 0.956. The number of nitrogens with zero attached hydrogens (tertiary/aromatic N) is 1. The van der Waals surface area contributed by atoms with Gasteiger partial charge in [0.2, 0.25) is 0 Å². The van der Waals surface area contributed by atoms with Crippen LogP contribution in [0.5, 0.6) is 0 Å². The molecule has 0 aliphatic carbocycles. The average Bonchev–Trinajstić information content (AvgIpc) is 2.04. The van der Waals surface area contributed by atoms with Gasteiger partial charge in [-0.05, 0) is 19.4 Å². The van der Waals surface area contributed by atoms with E-state index in [1.807, 2.05) is 6.92 Å². The van der Waals surface area contributed by atoms with Crippen molar-refractivity contribution in [3.63, 3.8) is 0 Å². The molecular formula is C10H17NOS. The number of thiol groups is 1. The maximum absolute atomic E-state index is 5.17. The fourth-order valence-corrected chi connectivity index (χ4v) is 2.07. The van der Waals surface area contributed by atoms with Crippen LogP contribution in [0.25, 0.3) is 0 Å². The van der Waals surface area contributed by atoms with E-state index < -0.39 is 0 Å². The SMILES string of the molecule is CCCC1(S)CC=C(OC)C(C)=N1. The molecule has 1 aliphatic heterocycles. The van der Waals surface area contributed by atoms with Crippen LogP contribution in [-0.4, -0.2) is 17.7 Å². The van der Waals surface area contributed by atoms with Crippen molar-refractivity contribution in [1.29, 1.82) is 0 Å². The van der Waals surface area contributed by atoms with E-state index in [9.17, 15) is 0 Å². The Labute approximate surface area is 85.5 Å². The minimum atomic E-state index is -0.194. The van der Waals surface area contributed by atoms with Crippen LogP contribution in [0.2, 0.25) is 0 Å². The largest absolute Gasteiger partial charge is 0.495 e. The van der Waals surface area contributed by atoms with Gasteiger partial charge in [-0.25, -0.2) is 0 Å². The predicted molar refractivity (Wildman–Crippen MR) is 59.4 cm³/mol. The quantitative estimate of drug-likeness (QED) is 0.693. The molecule has 0 N–H and O–H groups in total. The average molecular weight is 199 g/mol. The summed E-state index contributed by atoms with van der Waals surface area (Å²) in [6, 6.07) is 0. The molecule has 74 valence electrons. The fourth-order valence-electron chi connectivity index (χ4n) is 1.61. The van der Waals surface area contributed by atoms with Crippen LogP contribution in [0, 0.1) is 0 Å². The van der Waals surface area contributed by atoms with Crippen LogP contribution in [0.3, 0.4) is 0 Å². The second-order valence-electron chi connectivity index (χ2n) is 3.41. The van der Waals surface area contributed by atoms with Crippen LogP contribution < -0.4 is 0 Å². The van der Waals surface area contributed by atoms with Gasteiger partial charge in [-0.15, -0.1) is 12.6 Å². The lowest BCUT2D eigenvalue weighted by Gasteiger charge is -2.27. The predicted octanol–water partition coefficient (Wildman–Crippen LogP) is 2.81. The van der Waals surface area contributed by atoms with Gasteiger partial charge in [0, 0.05) is 6.42 Å². The van der Waals surface area contributed by atoms with Crippen molar-refractivity contribution in [1.82, 2.24) is 0 Å². The minimum Gasteiger partial charge on any atom is -0.495 e. The van der Waals surface area contributed by atoms with Gasteiger partial charge in [0.15, 0.2) is 0 Å². The molecule has 1 heterocycles. The van der Waals surface area contributed by atoms with Crippen molar-refractivity contribution < 1.29 is 4.74 Å². The zero-order chi connectivity index (χ0) is 9.90. The Morgan fingerprint density at radius 2 is 2.38 bits per heavy atom. The number of aliphatic imine (C=N–C) groups is 1. The molecule has 1 aliphatic rings. The molecule has 1 unspecified atom stereocenters. The monoisotopic (exact) mass is 199 g/mol. The molecule has 3 heteroatoms. The Hall–Kier alpha value is -0.440. The summed E-state index contributed by atoms with van der Waals surface area (Å²) < 4.78 is 5.17. The van der Waals surface area contributed by atoms with E-state index in [0.29, 0.717) is 0 Å². The highest BCUT2D eigenvalue weighted by Crippen LogP contribution is 2.32. The normalized spacial score (nSPS) is 28.0. The molecule has 13 heavy (non-hydrogen) atoms. The molecule has 0 spiro atoms. The second kappa shape index (κ2) is 4.18. The van der Waals surface area contributed by atoms with Crippen molar-refractivity contribution >= 4 is 18.3 Å². The summed E-state index contributed by atoms with van der Waals surface area (Å²) in [4.78, 5) is 4.35. The highest BCUT2D eigenvalue weighted by atomic mass is 32.1. The highest BCUT2D eigenvalue weighted by Gasteiger charge is 2.26. The number of methoxy groups -OCH3 is 1. The molecule has 0 bridgehead atoms. The molecule has 0 aromatic heterocycles. The molecule has 0 fully saturated rings. The molecule has 1 atom stereocenters. The van der Waals surface area contributed by atoms with Gasteiger partial charge in [-0.1, -0.05) is 13.3 Å². The third-order valence-corrected chi connectivity index (χ3v) is 2.72. The molecule has 0 saturated heterocycles. The van der Waals surface area contributed by atoms with E-state index in [1.165, 1.54) is 0 Å². The van der Waals surface area contributed by atoms with E-state index in [-0.39, 0.29) is 4.87 Å². The third kappa shape index (κ3) is 2.50. The lowest BCUT2D eigenvalue weighted by molar-refractivity contribution is 0.308. The molecule has 0 radical (unpaired) electrons. The summed E-state index contributed by atoms with van der Waals surface area (Å²) in [6.07, 6.45) is 5.06. The molecule has 0 aromatic rings. The maximum Gasteiger partial charge on any atom is 0.135 e. The summed E-state index contributed by atoms with van der Waals surface area (Å²) >= 11 is 4.58. The van der Waals surface area contributed by atoms with Gasteiger partial charge in [0.05, 0.1) is 12.8 Å².